The molecule has 0 saturated heterocycles. The van der Waals surface area contributed by atoms with Crippen molar-refractivity contribution in [3.05, 3.63) is 89.3 Å². The number of hydrogen-bond acceptors (Lipinski definition) is 0. The highest BCUT2D eigenvalue weighted by Gasteiger charge is 2.16. The van der Waals surface area contributed by atoms with Crippen LogP contribution in [0.15, 0.2) is 66.7 Å². The summed E-state index contributed by atoms with van der Waals surface area (Å²) in [6, 6.07) is 23.6. The summed E-state index contributed by atoms with van der Waals surface area (Å²) >= 11 is 0. The highest BCUT2D eigenvalue weighted by molar-refractivity contribution is 5.75. The lowest BCUT2D eigenvalue weighted by Crippen LogP contribution is -1.96. The van der Waals surface area contributed by atoms with Gasteiger partial charge in [-0.15, -0.1) is 0 Å². The van der Waals surface area contributed by atoms with E-state index in [1.54, 1.807) is 0 Å². The van der Waals surface area contributed by atoms with E-state index in [1.165, 1.54) is 22.3 Å². The molecule has 0 saturated carbocycles. The molecule has 0 atom stereocenters. The quantitative estimate of drug-likeness (QED) is 0.427. The molecule has 0 unspecified atom stereocenters. The van der Waals surface area contributed by atoms with E-state index >= 15 is 0 Å². The van der Waals surface area contributed by atoms with E-state index in [1.807, 2.05) is 6.07 Å². The number of benzene rings is 3. The van der Waals surface area contributed by atoms with Crippen molar-refractivity contribution in [2.24, 2.45) is 0 Å². The van der Waals surface area contributed by atoms with Crippen molar-refractivity contribution in [1.29, 1.82) is 0 Å². The maximum Gasteiger partial charge on any atom is 0.194 e. The molecule has 3 rings (SSSR count). The molecule has 3 aromatic carbocycles. The summed E-state index contributed by atoms with van der Waals surface area (Å²) in [5, 5.41) is 0. The molecular weight excluding hydrogens is 314 g/mol. The van der Waals surface area contributed by atoms with Crippen LogP contribution in [0.5, 0.6) is 0 Å². The highest BCUT2D eigenvalue weighted by Crippen LogP contribution is 2.39. The van der Waals surface area contributed by atoms with E-state index in [4.69, 9.17) is 6.57 Å². The number of hydrogen-bond donors (Lipinski definition) is 0. The smallest absolute Gasteiger partial charge is 0.194 e. The van der Waals surface area contributed by atoms with Crippen molar-refractivity contribution >= 4 is 5.69 Å². The molecule has 0 bridgehead atoms. The molecule has 0 N–H and O–H groups in total. The van der Waals surface area contributed by atoms with E-state index < -0.39 is 0 Å². The van der Waals surface area contributed by atoms with Crippen LogP contribution in [0, 0.1) is 6.57 Å². The van der Waals surface area contributed by atoms with Gasteiger partial charge < -0.3 is 0 Å². The Hall–Kier alpha value is -2.85. The second-order valence-electron chi connectivity index (χ2n) is 7.37. The summed E-state index contributed by atoms with van der Waals surface area (Å²) in [6.45, 7) is 16.3. The van der Waals surface area contributed by atoms with E-state index in [-0.39, 0.29) is 0 Å². The summed E-state index contributed by atoms with van der Waals surface area (Å²) in [5.74, 6) is 0.667. The molecule has 0 radical (unpaired) electrons. The van der Waals surface area contributed by atoms with Gasteiger partial charge in [-0.1, -0.05) is 94.4 Å². The molecule has 1 nitrogen and oxygen atoms in total. The third-order valence-corrected chi connectivity index (χ3v) is 4.85. The van der Waals surface area contributed by atoms with Crippen LogP contribution in [-0.4, -0.2) is 0 Å². The topological polar surface area (TPSA) is 4.36 Å². The second kappa shape index (κ2) is 7.58. The van der Waals surface area contributed by atoms with Gasteiger partial charge in [-0.25, -0.2) is 4.85 Å². The predicted octanol–water partition coefficient (Wildman–Crippen LogP) is 7.82. The Morgan fingerprint density at radius 3 is 1.46 bits per heavy atom. The molecule has 0 aliphatic carbocycles. The third kappa shape index (κ3) is 3.55. The van der Waals surface area contributed by atoms with Crippen molar-refractivity contribution in [3.8, 4) is 22.3 Å². The summed E-state index contributed by atoms with van der Waals surface area (Å²) in [7, 11) is 0. The summed E-state index contributed by atoms with van der Waals surface area (Å²) in [4.78, 5) is 3.85. The van der Waals surface area contributed by atoms with E-state index in [0.717, 1.165) is 16.8 Å². The standard InChI is InChI=1S/C25H25N/c1-17(2)23-15-22(16-24(18(3)4)25(23)26-5)21-13-11-20(12-14-21)19-9-7-6-8-10-19/h6-18H,1-4H3. The van der Waals surface area contributed by atoms with Crippen molar-refractivity contribution in [3.63, 3.8) is 0 Å². The zero-order valence-corrected chi connectivity index (χ0v) is 16.0. The molecule has 0 amide bonds. The van der Waals surface area contributed by atoms with Crippen LogP contribution >= 0.6 is 0 Å². The van der Waals surface area contributed by atoms with Crippen LogP contribution in [0.2, 0.25) is 0 Å². The van der Waals surface area contributed by atoms with E-state index in [0.29, 0.717) is 11.8 Å². The average Bonchev–Trinajstić information content (AvgIpc) is 2.67. The normalized spacial score (nSPS) is 11.0. The Balaban J connectivity index is 2.08. The maximum absolute atomic E-state index is 7.64. The van der Waals surface area contributed by atoms with Gasteiger partial charge in [-0.2, -0.15) is 0 Å². The maximum atomic E-state index is 7.64. The lowest BCUT2D eigenvalue weighted by Gasteiger charge is -2.18. The first-order valence-corrected chi connectivity index (χ1v) is 9.22. The van der Waals surface area contributed by atoms with Crippen LogP contribution in [0.4, 0.5) is 5.69 Å². The zero-order valence-electron chi connectivity index (χ0n) is 16.0. The van der Waals surface area contributed by atoms with E-state index in [9.17, 15) is 0 Å². The SMILES string of the molecule is [C-]#[N+]c1c(C(C)C)cc(-c2ccc(-c3ccccc3)cc2)cc1C(C)C. The van der Waals surface area contributed by atoms with Gasteiger partial charge in [0.05, 0.1) is 6.57 Å². The second-order valence-corrected chi connectivity index (χ2v) is 7.37. The first kappa shape index (κ1) is 18.0. The Bertz CT molecular complexity index is 897. The lowest BCUT2D eigenvalue weighted by molar-refractivity contribution is 0.842. The summed E-state index contributed by atoms with van der Waals surface area (Å²) < 4.78 is 0. The molecule has 0 fully saturated rings. The van der Waals surface area contributed by atoms with Gasteiger partial charge >= 0.3 is 0 Å². The van der Waals surface area contributed by atoms with Gasteiger partial charge in [0.2, 0.25) is 0 Å². The molecule has 3 aromatic rings. The van der Waals surface area contributed by atoms with Crippen LogP contribution in [-0.2, 0) is 0 Å². The minimum atomic E-state index is 0.333. The molecule has 0 aromatic heterocycles. The van der Waals surface area contributed by atoms with Crippen molar-refractivity contribution in [1.82, 2.24) is 0 Å². The van der Waals surface area contributed by atoms with E-state index in [2.05, 4.69) is 93.2 Å². The first-order chi connectivity index (χ1) is 12.5. The van der Waals surface area contributed by atoms with Crippen LogP contribution in [0.25, 0.3) is 27.1 Å². The Kier molecular flexibility index (Phi) is 5.24. The van der Waals surface area contributed by atoms with Gasteiger partial charge in [-0.3, -0.25) is 0 Å². The predicted molar refractivity (Wildman–Crippen MR) is 112 cm³/mol. The van der Waals surface area contributed by atoms with Gasteiger partial charge in [0.1, 0.15) is 0 Å². The third-order valence-electron chi connectivity index (χ3n) is 4.85. The van der Waals surface area contributed by atoms with Crippen molar-refractivity contribution in [2.45, 2.75) is 39.5 Å². The van der Waals surface area contributed by atoms with Gasteiger partial charge in [0.15, 0.2) is 5.69 Å². The summed E-state index contributed by atoms with van der Waals surface area (Å²) in [5.41, 5.74) is 7.98. The van der Waals surface area contributed by atoms with Crippen LogP contribution < -0.4 is 0 Å². The van der Waals surface area contributed by atoms with Crippen LogP contribution in [0.1, 0.15) is 50.7 Å². The fraction of sp³-hybridized carbons (Fsp3) is 0.240. The van der Waals surface area contributed by atoms with Gasteiger partial charge in [0.25, 0.3) is 0 Å². The molecule has 0 aliphatic heterocycles. The van der Waals surface area contributed by atoms with Crippen molar-refractivity contribution < 1.29 is 0 Å². The molecule has 0 heterocycles. The molecular formula is C25H25N. The lowest BCUT2D eigenvalue weighted by atomic mass is 9.88. The Morgan fingerprint density at radius 2 is 1.04 bits per heavy atom. The van der Waals surface area contributed by atoms with Gasteiger partial charge in [-0.05, 0) is 45.2 Å². The molecule has 0 aliphatic rings. The minimum absolute atomic E-state index is 0.333. The van der Waals surface area contributed by atoms with Crippen molar-refractivity contribution in [2.75, 3.05) is 0 Å². The first-order valence-electron chi connectivity index (χ1n) is 9.22. The summed E-state index contributed by atoms with van der Waals surface area (Å²) in [6.07, 6.45) is 0. The minimum Gasteiger partial charge on any atom is -0.238 e. The molecule has 1 heteroatoms. The highest BCUT2D eigenvalue weighted by atomic mass is 14.7. The van der Waals surface area contributed by atoms with Crippen LogP contribution in [0.3, 0.4) is 0 Å². The molecule has 0 spiro atoms. The number of rotatable bonds is 4. The Morgan fingerprint density at radius 1 is 0.615 bits per heavy atom. The fourth-order valence-electron chi connectivity index (χ4n) is 3.34. The zero-order chi connectivity index (χ0) is 18.7. The molecule has 130 valence electrons. The monoisotopic (exact) mass is 339 g/mol. The van der Waals surface area contributed by atoms with Gasteiger partial charge in [0, 0.05) is 0 Å². The largest absolute Gasteiger partial charge is 0.238 e. The molecule has 26 heavy (non-hydrogen) atoms. The number of nitrogens with zero attached hydrogens (tertiary/aromatic N) is 1. The Labute approximate surface area is 157 Å². The fourth-order valence-corrected chi connectivity index (χ4v) is 3.34. The average molecular weight is 339 g/mol.